The van der Waals surface area contributed by atoms with Gasteiger partial charge in [-0.2, -0.15) is 16.7 Å². The van der Waals surface area contributed by atoms with E-state index in [1.807, 2.05) is 24.0 Å². The molecule has 1 fully saturated rings. The summed E-state index contributed by atoms with van der Waals surface area (Å²) in [5, 5.41) is 4.13. The molecule has 1 aromatic carbocycles. The van der Waals surface area contributed by atoms with Crippen molar-refractivity contribution in [2.24, 2.45) is 0 Å². The summed E-state index contributed by atoms with van der Waals surface area (Å²) in [4.78, 5) is 18.2. The molecule has 1 amide bonds. The zero-order chi connectivity index (χ0) is 16.2. The van der Waals surface area contributed by atoms with Gasteiger partial charge in [-0.25, -0.2) is 0 Å². The summed E-state index contributed by atoms with van der Waals surface area (Å²) in [6.45, 7) is 3.35. The van der Waals surface area contributed by atoms with E-state index in [0.717, 1.165) is 24.3 Å². The lowest BCUT2D eigenvalue weighted by Crippen LogP contribution is -2.27. The van der Waals surface area contributed by atoms with E-state index in [2.05, 4.69) is 28.5 Å². The van der Waals surface area contributed by atoms with E-state index >= 15 is 0 Å². The zero-order valence-corrected chi connectivity index (χ0v) is 14.3. The summed E-state index contributed by atoms with van der Waals surface area (Å²) in [6.07, 6.45) is 3.52. The van der Waals surface area contributed by atoms with Gasteiger partial charge in [0, 0.05) is 30.8 Å². The van der Waals surface area contributed by atoms with Crippen molar-refractivity contribution in [1.29, 1.82) is 0 Å². The van der Waals surface area contributed by atoms with Crippen molar-refractivity contribution in [3.8, 4) is 11.4 Å². The largest absolute Gasteiger partial charge is 0.342 e. The molecule has 23 heavy (non-hydrogen) atoms. The lowest BCUT2D eigenvalue weighted by molar-refractivity contribution is -0.129. The number of carbonyl (C=O) groups is 1. The zero-order valence-electron chi connectivity index (χ0n) is 13.5. The Hall–Kier alpha value is -1.82. The molecule has 0 radical (unpaired) electrons. The minimum absolute atomic E-state index is 0.154. The maximum Gasteiger partial charge on any atom is 0.231 e. The number of carbonyl (C=O) groups excluding carboxylic acids is 1. The highest BCUT2D eigenvalue weighted by atomic mass is 32.2. The van der Waals surface area contributed by atoms with Gasteiger partial charge in [0.05, 0.1) is 5.92 Å². The van der Waals surface area contributed by atoms with Crippen molar-refractivity contribution in [3.05, 3.63) is 35.7 Å². The Morgan fingerprint density at radius 2 is 2.35 bits per heavy atom. The quantitative estimate of drug-likeness (QED) is 0.841. The predicted molar refractivity (Wildman–Crippen MR) is 91.2 cm³/mol. The van der Waals surface area contributed by atoms with E-state index in [4.69, 9.17) is 4.52 Å². The number of likely N-dealkylation sites (tertiary alicyclic amines) is 1. The van der Waals surface area contributed by atoms with Crippen LogP contribution in [0, 0.1) is 0 Å². The van der Waals surface area contributed by atoms with Crippen LogP contribution in [0.5, 0.6) is 0 Å². The van der Waals surface area contributed by atoms with Gasteiger partial charge < -0.3 is 9.42 Å². The molecule has 1 aliphatic heterocycles. The number of thioether (sulfide) groups is 1. The molecule has 1 aliphatic rings. The van der Waals surface area contributed by atoms with Crippen LogP contribution in [0.15, 0.2) is 28.8 Å². The number of amides is 1. The molecule has 6 heteroatoms. The molecule has 1 saturated heterocycles. The van der Waals surface area contributed by atoms with E-state index < -0.39 is 0 Å². The average molecular weight is 331 g/mol. The van der Waals surface area contributed by atoms with Crippen molar-refractivity contribution in [2.75, 3.05) is 19.3 Å². The Labute approximate surface area is 140 Å². The summed E-state index contributed by atoms with van der Waals surface area (Å²) in [5.74, 6) is 2.58. The highest BCUT2D eigenvalue weighted by Gasteiger charge is 2.30. The van der Waals surface area contributed by atoms with Gasteiger partial charge in [-0.3, -0.25) is 4.79 Å². The number of hydrogen-bond donors (Lipinski definition) is 0. The number of benzene rings is 1. The molecule has 2 aromatic rings. The highest BCUT2D eigenvalue weighted by molar-refractivity contribution is 7.97. The van der Waals surface area contributed by atoms with Crippen LogP contribution in [-0.2, 0) is 10.5 Å². The fraction of sp³-hybridized carbons (Fsp3) is 0.471. The number of hydrogen-bond acceptors (Lipinski definition) is 5. The molecule has 3 rings (SSSR count). The maximum absolute atomic E-state index is 11.8. The molecular weight excluding hydrogens is 310 g/mol. The Bertz CT molecular complexity index is 686. The summed E-state index contributed by atoms with van der Waals surface area (Å²) in [7, 11) is 0. The van der Waals surface area contributed by atoms with Gasteiger partial charge in [0.1, 0.15) is 0 Å². The Kier molecular flexibility index (Phi) is 5.00. The van der Waals surface area contributed by atoms with Crippen LogP contribution in [0.4, 0.5) is 0 Å². The van der Waals surface area contributed by atoms with Gasteiger partial charge in [-0.05, 0) is 24.3 Å². The molecule has 0 N–H and O–H groups in total. The second-order valence-corrected chi connectivity index (χ2v) is 6.63. The van der Waals surface area contributed by atoms with Crippen LogP contribution >= 0.6 is 11.8 Å². The van der Waals surface area contributed by atoms with E-state index in [0.29, 0.717) is 24.7 Å². The highest BCUT2D eigenvalue weighted by Crippen LogP contribution is 2.28. The Morgan fingerprint density at radius 3 is 3.13 bits per heavy atom. The van der Waals surface area contributed by atoms with Gasteiger partial charge in [-0.15, -0.1) is 0 Å². The Morgan fingerprint density at radius 1 is 1.48 bits per heavy atom. The standard InChI is InChI=1S/C17H21N3O2S/c1-3-15(21)20-8-7-14(10-20)17-18-16(19-22-17)13-6-4-5-12(9-13)11-23-2/h4-6,9,14H,3,7-8,10-11H2,1-2H3/t14-/m1/s1. The van der Waals surface area contributed by atoms with Crippen LogP contribution < -0.4 is 0 Å². The van der Waals surface area contributed by atoms with Crippen molar-refractivity contribution in [1.82, 2.24) is 15.0 Å². The first-order chi connectivity index (χ1) is 11.2. The summed E-state index contributed by atoms with van der Waals surface area (Å²) >= 11 is 1.79. The van der Waals surface area contributed by atoms with Gasteiger partial charge in [0.2, 0.25) is 17.6 Å². The molecule has 2 heterocycles. The second-order valence-electron chi connectivity index (χ2n) is 5.77. The predicted octanol–water partition coefficient (Wildman–Crippen LogP) is 3.33. The van der Waals surface area contributed by atoms with E-state index in [1.54, 1.807) is 11.8 Å². The van der Waals surface area contributed by atoms with E-state index in [-0.39, 0.29) is 11.8 Å². The monoisotopic (exact) mass is 331 g/mol. The summed E-state index contributed by atoms with van der Waals surface area (Å²) in [6, 6.07) is 8.23. The topological polar surface area (TPSA) is 59.2 Å². The van der Waals surface area contributed by atoms with Crippen LogP contribution in [-0.4, -0.2) is 40.3 Å². The summed E-state index contributed by atoms with van der Waals surface area (Å²) < 4.78 is 5.46. The minimum atomic E-state index is 0.154. The SMILES string of the molecule is CCC(=O)N1CC[C@@H](c2nc(-c3cccc(CSC)c3)no2)C1. The lowest BCUT2D eigenvalue weighted by atomic mass is 10.1. The van der Waals surface area contributed by atoms with Crippen LogP contribution in [0.2, 0.25) is 0 Å². The molecular formula is C17H21N3O2S. The maximum atomic E-state index is 11.8. The molecule has 5 nitrogen and oxygen atoms in total. The molecule has 1 atom stereocenters. The minimum Gasteiger partial charge on any atom is -0.342 e. The molecule has 0 spiro atoms. The molecule has 0 bridgehead atoms. The van der Waals surface area contributed by atoms with Crippen LogP contribution in [0.25, 0.3) is 11.4 Å². The fourth-order valence-electron chi connectivity index (χ4n) is 2.90. The Balaban J connectivity index is 1.74. The number of rotatable bonds is 5. The van der Waals surface area contributed by atoms with E-state index in [1.165, 1.54) is 5.56 Å². The molecule has 122 valence electrons. The van der Waals surface area contributed by atoms with Crippen molar-refractivity contribution in [3.63, 3.8) is 0 Å². The first-order valence-corrected chi connectivity index (χ1v) is 9.30. The van der Waals surface area contributed by atoms with Gasteiger partial charge in [-0.1, -0.05) is 30.3 Å². The number of aromatic nitrogens is 2. The van der Waals surface area contributed by atoms with Gasteiger partial charge >= 0.3 is 0 Å². The third-order valence-electron chi connectivity index (χ3n) is 4.13. The normalized spacial score (nSPS) is 17.7. The third kappa shape index (κ3) is 3.58. The smallest absolute Gasteiger partial charge is 0.231 e. The number of nitrogens with zero attached hydrogens (tertiary/aromatic N) is 3. The van der Waals surface area contributed by atoms with Crippen molar-refractivity contribution >= 4 is 17.7 Å². The van der Waals surface area contributed by atoms with Crippen LogP contribution in [0.3, 0.4) is 0 Å². The van der Waals surface area contributed by atoms with Crippen molar-refractivity contribution in [2.45, 2.75) is 31.4 Å². The fourth-order valence-corrected chi connectivity index (χ4v) is 3.41. The average Bonchev–Trinajstić information content (AvgIpc) is 3.24. The van der Waals surface area contributed by atoms with E-state index in [9.17, 15) is 4.79 Å². The molecule has 0 saturated carbocycles. The van der Waals surface area contributed by atoms with Gasteiger partial charge in [0.15, 0.2) is 0 Å². The summed E-state index contributed by atoms with van der Waals surface area (Å²) in [5.41, 5.74) is 2.23. The van der Waals surface area contributed by atoms with Crippen LogP contribution in [0.1, 0.15) is 37.1 Å². The lowest BCUT2D eigenvalue weighted by Gasteiger charge is -2.13. The molecule has 1 aromatic heterocycles. The third-order valence-corrected chi connectivity index (χ3v) is 4.75. The first kappa shape index (κ1) is 16.1. The molecule has 0 unspecified atom stereocenters. The second kappa shape index (κ2) is 7.17. The first-order valence-electron chi connectivity index (χ1n) is 7.91. The van der Waals surface area contributed by atoms with Crippen molar-refractivity contribution < 1.29 is 9.32 Å². The van der Waals surface area contributed by atoms with Gasteiger partial charge in [0.25, 0.3) is 0 Å². The molecule has 0 aliphatic carbocycles.